The van der Waals surface area contributed by atoms with Crippen molar-refractivity contribution in [3.8, 4) is 5.75 Å². The Morgan fingerprint density at radius 1 is 1.10 bits per heavy atom. The van der Waals surface area contributed by atoms with Gasteiger partial charge in [0.25, 0.3) is 0 Å². The number of amides is 2. The zero-order valence-corrected chi connectivity index (χ0v) is 17.6. The molecule has 0 spiro atoms. The number of benzene rings is 2. The number of hydrogen-bond donors (Lipinski definition) is 2. The zero-order valence-electron chi connectivity index (χ0n) is 17.6. The van der Waals surface area contributed by atoms with Crippen LogP contribution in [0.5, 0.6) is 5.75 Å². The first-order valence-electron chi connectivity index (χ1n) is 10.5. The summed E-state index contributed by atoms with van der Waals surface area (Å²) in [5, 5.41) is 13.0. The minimum atomic E-state index is -1.30. The number of phenols is 1. The van der Waals surface area contributed by atoms with E-state index in [0.717, 1.165) is 12.0 Å². The number of unbranched alkanes of at least 4 members (excludes halogenated alkanes) is 1. The average Bonchev–Trinajstić information content (AvgIpc) is 3.27. The number of carbonyl (C=O) groups excluding carboxylic acids is 3. The number of aromatic hydroxyl groups is 1. The highest BCUT2D eigenvalue weighted by Gasteiger charge is 2.68. The van der Waals surface area contributed by atoms with E-state index in [0.29, 0.717) is 18.5 Å². The number of rotatable bonds is 6. The van der Waals surface area contributed by atoms with Crippen LogP contribution in [0.25, 0.3) is 0 Å². The van der Waals surface area contributed by atoms with Crippen LogP contribution in [0.1, 0.15) is 37.8 Å². The largest absolute Gasteiger partial charge is 0.508 e. The van der Waals surface area contributed by atoms with Crippen LogP contribution in [-0.2, 0) is 19.1 Å². The van der Waals surface area contributed by atoms with E-state index in [1.807, 2.05) is 13.0 Å². The maximum absolute atomic E-state index is 13.6. The fourth-order valence-electron chi connectivity index (χ4n) is 4.96. The molecule has 2 aliphatic heterocycles. The summed E-state index contributed by atoms with van der Waals surface area (Å²) in [7, 11) is 1.30. The SMILES string of the molecule is CCCC[C@]1(C(=O)OC)N[C@@H](c2ccc(O)cc2)[C@H]2C(=O)N(c3ccccc3)C(=O)[C@@H]21. The monoisotopic (exact) mass is 422 g/mol. The molecule has 2 amide bonds. The van der Waals surface area contributed by atoms with E-state index in [1.54, 1.807) is 36.4 Å². The van der Waals surface area contributed by atoms with E-state index in [1.165, 1.54) is 24.1 Å². The predicted molar refractivity (Wildman–Crippen MR) is 114 cm³/mol. The molecule has 2 heterocycles. The molecule has 0 bridgehead atoms. The van der Waals surface area contributed by atoms with Crippen molar-refractivity contribution in [1.82, 2.24) is 5.32 Å². The van der Waals surface area contributed by atoms with Crippen molar-refractivity contribution in [1.29, 1.82) is 0 Å². The molecule has 0 saturated carbocycles. The standard InChI is InChI=1S/C24H26N2O5/c1-3-4-14-24(23(30)31-2)19-18(20(25-24)15-10-12-17(27)13-11-15)21(28)26(22(19)29)16-8-6-5-7-9-16/h5-13,18-20,25,27H,3-4,14H2,1-2H3/t18-,19+,20-,24-/m0/s1. The first-order chi connectivity index (χ1) is 14.9. The molecule has 4 rings (SSSR count). The number of esters is 1. The Labute approximate surface area is 181 Å². The number of phenolic OH excluding ortho intramolecular Hbond substituents is 1. The quantitative estimate of drug-likeness (QED) is 0.549. The Morgan fingerprint density at radius 2 is 1.77 bits per heavy atom. The molecule has 4 atom stereocenters. The van der Waals surface area contributed by atoms with E-state index in [-0.39, 0.29) is 11.7 Å². The van der Waals surface area contributed by atoms with Gasteiger partial charge in [0.15, 0.2) is 0 Å². The van der Waals surface area contributed by atoms with Gasteiger partial charge in [-0.1, -0.05) is 50.1 Å². The number of hydrogen-bond acceptors (Lipinski definition) is 6. The average molecular weight is 422 g/mol. The highest BCUT2D eigenvalue weighted by Crippen LogP contribution is 2.51. The third kappa shape index (κ3) is 3.29. The number of nitrogens with one attached hydrogen (secondary N) is 1. The second kappa shape index (κ2) is 8.15. The summed E-state index contributed by atoms with van der Waals surface area (Å²) < 4.78 is 5.15. The van der Waals surface area contributed by atoms with Gasteiger partial charge in [-0.2, -0.15) is 0 Å². The van der Waals surface area contributed by atoms with Gasteiger partial charge in [-0.05, 0) is 36.2 Å². The molecule has 2 aliphatic rings. The number of fused-ring (bicyclic) bond motifs is 1. The minimum Gasteiger partial charge on any atom is -0.508 e. The van der Waals surface area contributed by atoms with Crippen LogP contribution in [0.15, 0.2) is 54.6 Å². The summed E-state index contributed by atoms with van der Waals surface area (Å²) in [6.07, 6.45) is 1.90. The van der Waals surface area contributed by atoms with Crippen LogP contribution >= 0.6 is 0 Å². The smallest absolute Gasteiger partial charge is 0.326 e. The van der Waals surface area contributed by atoms with E-state index < -0.39 is 35.3 Å². The van der Waals surface area contributed by atoms with Gasteiger partial charge in [-0.15, -0.1) is 0 Å². The Kier molecular flexibility index (Phi) is 5.54. The lowest BCUT2D eigenvalue weighted by Crippen LogP contribution is -2.56. The zero-order chi connectivity index (χ0) is 22.2. The Bertz CT molecular complexity index is 991. The summed E-state index contributed by atoms with van der Waals surface area (Å²) in [4.78, 5) is 41.5. The van der Waals surface area contributed by atoms with Gasteiger partial charge < -0.3 is 9.84 Å². The van der Waals surface area contributed by atoms with Crippen LogP contribution in [0.3, 0.4) is 0 Å². The molecule has 2 aromatic carbocycles. The van der Waals surface area contributed by atoms with Crippen LogP contribution in [0.2, 0.25) is 0 Å². The molecule has 7 heteroatoms. The van der Waals surface area contributed by atoms with Crippen LogP contribution in [0.4, 0.5) is 5.69 Å². The fourth-order valence-corrected chi connectivity index (χ4v) is 4.96. The molecule has 2 fully saturated rings. The number of methoxy groups -OCH3 is 1. The summed E-state index contributed by atoms with van der Waals surface area (Å²) in [5.41, 5.74) is -0.0782. The number of para-hydroxylation sites is 1. The van der Waals surface area contributed by atoms with E-state index >= 15 is 0 Å². The fraction of sp³-hybridized carbons (Fsp3) is 0.375. The third-order valence-electron chi connectivity index (χ3n) is 6.40. The van der Waals surface area contributed by atoms with Gasteiger partial charge in [0.05, 0.1) is 24.6 Å². The van der Waals surface area contributed by atoms with Crippen molar-refractivity contribution in [2.75, 3.05) is 12.0 Å². The lowest BCUT2D eigenvalue weighted by molar-refractivity contribution is -0.152. The topological polar surface area (TPSA) is 95.9 Å². The van der Waals surface area contributed by atoms with E-state index in [9.17, 15) is 19.5 Å². The first kappa shape index (κ1) is 21.1. The molecule has 0 aliphatic carbocycles. The number of carbonyl (C=O) groups is 3. The molecule has 0 radical (unpaired) electrons. The van der Waals surface area contributed by atoms with Crippen molar-refractivity contribution in [3.63, 3.8) is 0 Å². The maximum atomic E-state index is 13.6. The molecule has 162 valence electrons. The molecule has 2 aromatic rings. The molecule has 2 N–H and O–H groups in total. The van der Waals surface area contributed by atoms with E-state index in [4.69, 9.17) is 4.74 Å². The van der Waals surface area contributed by atoms with Gasteiger partial charge in [0, 0.05) is 6.04 Å². The van der Waals surface area contributed by atoms with Gasteiger partial charge in [-0.3, -0.25) is 19.7 Å². The maximum Gasteiger partial charge on any atom is 0.326 e. The minimum absolute atomic E-state index is 0.100. The first-order valence-corrected chi connectivity index (χ1v) is 10.5. The van der Waals surface area contributed by atoms with Crippen molar-refractivity contribution >= 4 is 23.5 Å². The molecular weight excluding hydrogens is 396 g/mol. The van der Waals surface area contributed by atoms with Crippen LogP contribution in [0, 0.1) is 11.8 Å². The molecule has 31 heavy (non-hydrogen) atoms. The third-order valence-corrected chi connectivity index (χ3v) is 6.40. The van der Waals surface area contributed by atoms with Crippen LogP contribution in [-0.4, -0.2) is 35.5 Å². The number of ether oxygens (including phenoxy) is 1. The molecule has 7 nitrogen and oxygen atoms in total. The van der Waals surface area contributed by atoms with Gasteiger partial charge >= 0.3 is 5.97 Å². The van der Waals surface area contributed by atoms with E-state index in [2.05, 4.69) is 5.32 Å². The summed E-state index contributed by atoms with van der Waals surface area (Å²) in [5.74, 6) is -2.80. The normalized spacial score (nSPS) is 27.4. The number of imide groups is 1. The number of nitrogens with zero attached hydrogens (tertiary/aromatic N) is 1. The summed E-state index contributed by atoms with van der Waals surface area (Å²) in [6.45, 7) is 2.01. The summed E-state index contributed by atoms with van der Waals surface area (Å²) in [6, 6.07) is 14.7. The molecule has 2 saturated heterocycles. The lowest BCUT2D eigenvalue weighted by atomic mass is 9.76. The van der Waals surface area contributed by atoms with Crippen LogP contribution < -0.4 is 10.2 Å². The molecule has 0 unspecified atom stereocenters. The van der Waals surface area contributed by atoms with Gasteiger partial charge in [0.2, 0.25) is 11.8 Å². The lowest BCUT2D eigenvalue weighted by Gasteiger charge is -2.32. The highest BCUT2D eigenvalue weighted by molar-refractivity contribution is 6.24. The van der Waals surface area contributed by atoms with Crippen molar-refractivity contribution in [3.05, 3.63) is 60.2 Å². The van der Waals surface area contributed by atoms with Gasteiger partial charge in [-0.25, -0.2) is 4.90 Å². The molecule has 0 aromatic heterocycles. The Morgan fingerprint density at radius 3 is 2.39 bits per heavy atom. The summed E-state index contributed by atoms with van der Waals surface area (Å²) >= 11 is 0. The highest BCUT2D eigenvalue weighted by atomic mass is 16.5. The van der Waals surface area contributed by atoms with Crippen molar-refractivity contribution in [2.45, 2.75) is 37.8 Å². The van der Waals surface area contributed by atoms with Crippen molar-refractivity contribution in [2.24, 2.45) is 11.8 Å². The van der Waals surface area contributed by atoms with Crippen molar-refractivity contribution < 1.29 is 24.2 Å². The second-order valence-corrected chi connectivity index (χ2v) is 8.13. The van der Waals surface area contributed by atoms with Gasteiger partial charge in [0.1, 0.15) is 11.3 Å². The molecular formula is C24H26N2O5. The Balaban J connectivity index is 1.85. The predicted octanol–water partition coefficient (Wildman–Crippen LogP) is 2.94. The second-order valence-electron chi connectivity index (χ2n) is 8.13. The Hall–Kier alpha value is -3.19. The number of anilines is 1.